The van der Waals surface area contributed by atoms with Crippen LogP contribution in [0, 0.1) is 6.92 Å². The van der Waals surface area contributed by atoms with Crippen LogP contribution in [0.1, 0.15) is 29.9 Å². The van der Waals surface area contributed by atoms with Crippen LogP contribution in [0.4, 0.5) is 0 Å². The van der Waals surface area contributed by atoms with Gasteiger partial charge in [-0.25, -0.2) is 9.78 Å². The normalized spacial score (nSPS) is 9.50. The van der Waals surface area contributed by atoms with E-state index in [1.807, 2.05) is 25.2 Å². The molecule has 0 unspecified atom stereocenters. The molecule has 16 heavy (non-hydrogen) atoms. The number of hydrogen-bond donors (Lipinski definition) is 0. The molecule has 2 aromatic rings. The number of hydrogen-bond acceptors (Lipinski definition) is 3. The Hall–Kier alpha value is -1.84. The van der Waals surface area contributed by atoms with Gasteiger partial charge in [0.05, 0.1) is 12.7 Å². The molecule has 0 spiro atoms. The molecule has 0 bridgehead atoms. The lowest BCUT2D eigenvalue weighted by Gasteiger charge is -2.00. The number of ether oxygens (including phenoxy) is 1. The van der Waals surface area contributed by atoms with E-state index in [0.29, 0.717) is 5.56 Å². The van der Waals surface area contributed by atoms with Crippen LogP contribution in [0.5, 0.6) is 0 Å². The summed E-state index contributed by atoms with van der Waals surface area (Å²) in [7, 11) is 1.37. The van der Waals surface area contributed by atoms with E-state index in [2.05, 4.69) is 9.72 Å². The Balaban J connectivity index is 0.000000606. The zero-order valence-corrected chi connectivity index (χ0v) is 10.0. The predicted molar refractivity (Wildman–Crippen MR) is 62.6 cm³/mol. The van der Waals surface area contributed by atoms with Gasteiger partial charge in [0, 0.05) is 18.1 Å². The molecule has 4 heteroatoms. The van der Waals surface area contributed by atoms with Gasteiger partial charge in [0.25, 0.3) is 0 Å². The molecule has 0 radical (unpaired) electrons. The second-order valence-corrected chi connectivity index (χ2v) is 3.04. The van der Waals surface area contributed by atoms with Crippen molar-refractivity contribution in [1.29, 1.82) is 0 Å². The summed E-state index contributed by atoms with van der Waals surface area (Å²) < 4.78 is 6.48. The van der Waals surface area contributed by atoms with Crippen LogP contribution in [-0.2, 0) is 4.74 Å². The van der Waals surface area contributed by atoms with E-state index in [0.717, 1.165) is 11.3 Å². The zero-order chi connectivity index (χ0) is 12.1. The molecule has 4 nitrogen and oxygen atoms in total. The summed E-state index contributed by atoms with van der Waals surface area (Å²) in [6, 6.07) is 3.49. The van der Waals surface area contributed by atoms with Crippen LogP contribution in [-0.4, -0.2) is 22.5 Å². The minimum atomic E-state index is -0.333. The lowest BCUT2D eigenvalue weighted by molar-refractivity contribution is 0.0600. The molecule has 2 rings (SSSR count). The minimum Gasteiger partial charge on any atom is -0.465 e. The summed E-state index contributed by atoms with van der Waals surface area (Å²) in [4.78, 5) is 15.4. The molecule has 0 saturated carbocycles. The molecule has 2 aromatic heterocycles. The number of carbonyl (C=O) groups excluding carboxylic acids is 1. The third kappa shape index (κ3) is 2.21. The third-order valence-electron chi connectivity index (χ3n) is 2.11. The smallest absolute Gasteiger partial charge is 0.339 e. The maximum atomic E-state index is 11.2. The molecule has 0 amide bonds. The highest BCUT2D eigenvalue weighted by Gasteiger charge is 2.06. The van der Waals surface area contributed by atoms with Gasteiger partial charge in [-0.1, -0.05) is 13.8 Å². The molecule has 0 aliphatic rings. The largest absolute Gasteiger partial charge is 0.465 e. The average Bonchev–Trinajstić information content (AvgIpc) is 2.72. The Morgan fingerprint density at radius 2 is 2.06 bits per heavy atom. The number of rotatable bonds is 1. The second-order valence-electron chi connectivity index (χ2n) is 3.04. The maximum Gasteiger partial charge on any atom is 0.339 e. The van der Waals surface area contributed by atoms with Crippen molar-refractivity contribution in [2.45, 2.75) is 20.8 Å². The van der Waals surface area contributed by atoms with Crippen molar-refractivity contribution in [3.8, 4) is 0 Å². The van der Waals surface area contributed by atoms with E-state index in [-0.39, 0.29) is 5.97 Å². The Labute approximate surface area is 94.9 Å². The summed E-state index contributed by atoms with van der Waals surface area (Å²) in [5.41, 5.74) is 2.35. The molecule has 86 valence electrons. The first-order chi connectivity index (χ1) is 7.72. The molecular weight excluding hydrogens is 204 g/mol. The summed E-state index contributed by atoms with van der Waals surface area (Å²) in [5.74, 6) is -0.333. The Morgan fingerprint density at radius 1 is 1.38 bits per heavy atom. The van der Waals surface area contributed by atoms with Gasteiger partial charge in [-0.05, 0) is 19.1 Å². The minimum absolute atomic E-state index is 0.333. The fourth-order valence-electron chi connectivity index (χ4n) is 1.34. The van der Waals surface area contributed by atoms with Gasteiger partial charge in [0.15, 0.2) is 0 Å². The first kappa shape index (κ1) is 12.2. The van der Waals surface area contributed by atoms with Crippen molar-refractivity contribution in [3.05, 3.63) is 35.8 Å². The van der Waals surface area contributed by atoms with Crippen molar-refractivity contribution in [3.63, 3.8) is 0 Å². The number of nitrogens with zero attached hydrogens (tertiary/aromatic N) is 2. The van der Waals surface area contributed by atoms with E-state index in [4.69, 9.17) is 0 Å². The molecule has 0 atom stereocenters. The number of aryl methyl sites for hydroxylation is 1. The monoisotopic (exact) mass is 220 g/mol. The third-order valence-corrected chi connectivity index (χ3v) is 2.11. The van der Waals surface area contributed by atoms with Gasteiger partial charge in [-0.3, -0.25) is 0 Å². The van der Waals surface area contributed by atoms with Crippen molar-refractivity contribution in [1.82, 2.24) is 9.38 Å². The summed E-state index contributed by atoms with van der Waals surface area (Å²) in [6.45, 7) is 5.93. The molecule has 2 heterocycles. The second kappa shape index (κ2) is 5.30. The van der Waals surface area contributed by atoms with Gasteiger partial charge in [0.2, 0.25) is 0 Å². The standard InChI is InChI=1S/C10H10N2O2.C2H6/c1-7-5-11-9-4-3-8(6-12(7)9)10(13)14-2;1-2/h3-6H,1-2H3;1-2H3. The van der Waals surface area contributed by atoms with E-state index >= 15 is 0 Å². The number of methoxy groups -OCH3 is 1. The molecule has 0 fully saturated rings. The first-order valence-electron chi connectivity index (χ1n) is 5.24. The van der Waals surface area contributed by atoms with Crippen LogP contribution in [0.25, 0.3) is 5.65 Å². The highest BCUT2D eigenvalue weighted by atomic mass is 16.5. The predicted octanol–water partition coefficient (Wildman–Crippen LogP) is 2.46. The van der Waals surface area contributed by atoms with Gasteiger partial charge in [0.1, 0.15) is 5.65 Å². The lowest BCUT2D eigenvalue weighted by Crippen LogP contribution is -2.03. The topological polar surface area (TPSA) is 43.6 Å². The first-order valence-corrected chi connectivity index (χ1v) is 5.24. The summed E-state index contributed by atoms with van der Waals surface area (Å²) >= 11 is 0. The highest BCUT2D eigenvalue weighted by molar-refractivity contribution is 5.89. The fraction of sp³-hybridized carbons (Fsp3) is 0.333. The molecule has 0 saturated heterocycles. The number of carbonyl (C=O) groups is 1. The van der Waals surface area contributed by atoms with Crippen molar-refractivity contribution < 1.29 is 9.53 Å². The quantitative estimate of drug-likeness (QED) is 0.693. The van der Waals surface area contributed by atoms with Crippen LogP contribution < -0.4 is 0 Å². The lowest BCUT2D eigenvalue weighted by atomic mass is 10.3. The Kier molecular flexibility index (Phi) is 4.05. The molecule has 0 aromatic carbocycles. The number of pyridine rings is 1. The van der Waals surface area contributed by atoms with Crippen molar-refractivity contribution >= 4 is 11.6 Å². The van der Waals surface area contributed by atoms with Crippen LogP contribution in [0.3, 0.4) is 0 Å². The Bertz CT molecular complexity index is 489. The van der Waals surface area contributed by atoms with E-state index in [9.17, 15) is 4.79 Å². The van der Waals surface area contributed by atoms with E-state index in [1.165, 1.54) is 7.11 Å². The van der Waals surface area contributed by atoms with E-state index < -0.39 is 0 Å². The molecule has 0 aliphatic heterocycles. The number of imidazole rings is 1. The summed E-state index contributed by atoms with van der Waals surface area (Å²) in [6.07, 6.45) is 3.49. The van der Waals surface area contributed by atoms with Crippen molar-refractivity contribution in [2.24, 2.45) is 0 Å². The van der Waals surface area contributed by atoms with Crippen LogP contribution in [0.2, 0.25) is 0 Å². The number of aromatic nitrogens is 2. The SMILES string of the molecule is CC.COC(=O)c1ccc2ncc(C)n2c1. The zero-order valence-electron chi connectivity index (χ0n) is 10.0. The highest BCUT2D eigenvalue weighted by Crippen LogP contribution is 2.08. The van der Waals surface area contributed by atoms with Gasteiger partial charge in [-0.2, -0.15) is 0 Å². The number of fused-ring (bicyclic) bond motifs is 1. The maximum absolute atomic E-state index is 11.2. The van der Waals surface area contributed by atoms with E-state index in [1.54, 1.807) is 24.5 Å². The molecule has 0 aliphatic carbocycles. The number of esters is 1. The van der Waals surface area contributed by atoms with Gasteiger partial charge in [-0.15, -0.1) is 0 Å². The molecular formula is C12H16N2O2. The van der Waals surface area contributed by atoms with Gasteiger partial charge >= 0.3 is 5.97 Å². The van der Waals surface area contributed by atoms with Gasteiger partial charge < -0.3 is 9.14 Å². The molecule has 0 N–H and O–H groups in total. The fourth-order valence-corrected chi connectivity index (χ4v) is 1.34. The van der Waals surface area contributed by atoms with Crippen LogP contribution >= 0.6 is 0 Å². The van der Waals surface area contributed by atoms with Crippen LogP contribution in [0.15, 0.2) is 24.5 Å². The average molecular weight is 220 g/mol. The Morgan fingerprint density at radius 3 is 2.69 bits per heavy atom. The summed E-state index contributed by atoms with van der Waals surface area (Å²) in [5, 5.41) is 0. The van der Waals surface area contributed by atoms with Crippen molar-refractivity contribution in [2.75, 3.05) is 7.11 Å².